The number of aliphatic hydroxyl groups is 2. The molecular formula is C20H22KNO7. The fourth-order valence-corrected chi connectivity index (χ4v) is 2.29. The van der Waals surface area contributed by atoms with Crippen LogP contribution in [0.1, 0.15) is 17.0 Å². The molecule has 0 radical (unpaired) electrons. The summed E-state index contributed by atoms with van der Waals surface area (Å²) in [6.45, 7) is 0. The monoisotopic (exact) mass is 427 g/mol. The molecule has 2 unspecified atom stereocenters. The van der Waals surface area contributed by atoms with Crippen LogP contribution in [-0.2, 0) is 14.4 Å². The van der Waals surface area contributed by atoms with Gasteiger partial charge in [-0.2, -0.15) is 0 Å². The van der Waals surface area contributed by atoms with Crippen molar-refractivity contribution in [3.05, 3.63) is 71.8 Å². The Hall–Kier alpha value is -1.59. The first-order valence-electron chi connectivity index (χ1n) is 8.27. The molecule has 2 aromatic carbocycles. The molecule has 0 bridgehead atoms. The molecule has 0 aliphatic heterocycles. The average Bonchev–Trinajstić information content (AvgIpc) is 2.68. The second-order valence-corrected chi connectivity index (χ2v) is 6.03. The SMILES string of the molecule is CN(C)C(=O)C(c1ccccc1)c1ccccc1.O=C([O-])C(O)C(O)C(=O)O.[K+]. The van der Waals surface area contributed by atoms with Gasteiger partial charge in [-0.05, 0) is 11.1 Å². The topological polar surface area (TPSA) is 138 Å². The molecular weight excluding hydrogens is 405 g/mol. The molecule has 0 heterocycles. The van der Waals surface area contributed by atoms with Gasteiger partial charge in [0.15, 0.2) is 6.10 Å². The van der Waals surface area contributed by atoms with E-state index in [0.29, 0.717) is 0 Å². The molecule has 0 aliphatic carbocycles. The van der Waals surface area contributed by atoms with Gasteiger partial charge in [-0.25, -0.2) is 4.79 Å². The van der Waals surface area contributed by atoms with Crippen molar-refractivity contribution in [3.63, 3.8) is 0 Å². The third-order valence-corrected chi connectivity index (χ3v) is 3.75. The van der Waals surface area contributed by atoms with Gasteiger partial charge in [0.05, 0.1) is 11.9 Å². The van der Waals surface area contributed by atoms with Crippen LogP contribution >= 0.6 is 0 Å². The number of carboxylic acids is 2. The van der Waals surface area contributed by atoms with E-state index in [2.05, 4.69) is 0 Å². The Labute approximate surface area is 211 Å². The minimum atomic E-state index is -2.38. The Morgan fingerprint density at radius 3 is 1.45 bits per heavy atom. The van der Waals surface area contributed by atoms with Crippen LogP contribution in [0.2, 0.25) is 0 Å². The number of aliphatic hydroxyl groups excluding tert-OH is 2. The average molecular weight is 427 g/mol. The minimum Gasteiger partial charge on any atom is -0.547 e. The van der Waals surface area contributed by atoms with E-state index in [4.69, 9.17) is 15.3 Å². The van der Waals surface area contributed by atoms with Crippen LogP contribution in [0.3, 0.4) is 0 Å². The zero-order valence-corrected chi connectivity index (χ0v) is 19.6. The molecule has 2 atom stereocenters. The third-order valence-electron chi connectivity index (χ3n) is 3.75. The Bertz CT molecular complexity index is 726. The maximum Gasteiger partial charge on any atom is 1.00 e. The Balaban J connectivity index is 0.000000616. The van der Waals surface area contributed by atoms with Crippen LogP contribution in [0, 0.1) is 0 Å². The zero-order chi connectivity index (χ0) is 21.3. The summed E-state index contributed by atoms with van der Waals surface area (Å²) in [5.41, 5.74) is 2.06. The van der Waals surface area contributed by atoms with Gasteiger partial charge in [0.1, 0.15) is 6.10 Å². The standard InChI is InChI=1S/C16H17NO.C4H6O6.K/c1-17(2)16(18)15(13-9-5-3-6-10-13)14-11-7-4-8-12-14;5-1(3(7)8)2(6)4(9)10;/h3-12,15H,1-2H3;1-2,5-6H,(H,7,8)(H,9,10);/q;;+1/p-1. The Morgan fingerprint density at radius 1 is 0.828 bits per heavy atom. The van der Waals surface area contributed by atoms with E-state index in [0.717, 1.165) is 11.1 Å². The van der Waals surface area contributed by atoms with Gasteiger partial charge in [0.2, 0.25) is 5.91 Å². The first kappa shape index (κ1) is 27.4. The van der Waals surface area contributed by atoms with Gasteiger partial charge in [-0.1, -0.05) is 60.7 Å². The van der Waals surface area contributed by atoms with Crippen molar-refractivity contribution < 1.29 is 86.2 Å². The molecule has 29 heavy (non-hydrogen) atoms. The number of amides is 1. The summed E-state index contributed by atoms with van der Waals surface area (Å²) in [7, 11) is 3.59. The number of carbonyl (C=O) groups is 3. The molecule has 0 saturated carbocycles. The molecule has 2 rings (SSSR count). The van der Waals surface area contributed by atoms with E-state index in [-0.39, 0.29) is 63.2 Å². The van der Waals surface area contributed by atoms with Crippen molar-refractivity contribution in [1.29, 1.82) is 0 Å². The van der Waals surface area contributed by atoms with Crippen LogP contribution in [0.4, 0.5) is 0 Å². The van der Waals surface area contributed by atoms with E-state index in [1.54, 1.807) is 19.0 Å². The first-order chi connectivity index (χ1) is 13.2. The number of hydrogen-bond acceptors (Lipinski definition) is 6. The van der Waals surface area contributed by atoms with Gasteiger partial charge in [-0.3, -0.25) is 4.79 Å². The van der Waals surface area contributed by atoms with Crippen molar-refractivity contribution in [2.75, 3.05) is 14.1 Å². The minimum absolute atomic E-state index is 0. The van der Waals surface area contributed by atoms with E-state index < -0.39 is 24.1 Å². The summed E-state index contributed by atoms with van der Waals surface area (Å²) in [6, 6.07) is 19.8. The molecule has 150 valence electrons. The molecule has 0 spiro atoms. The Morgan fingerprint density at radius 2 is 1.21 bits per heavy atom. The number of carbonyl (C=O) groups excluding carboxylic acids is 2. The molecule has 3 N–H and O–H groups in total. The second-order valence-electron chi connectivity index (χ2n) is 6.03. The van der Waals surface area contributed by atoms with E-state index in [1.165, 1.54) is 0 Å². The van der Waals surface area contributed by atoms with Crippen LogP contribution in [0.15, 0.2) is 60.7 Å². The van der Waals surface area contributed by atoms with E-state index in [9.17, 15) is 19.5 Å². The number of rotatable bonds is 6. The van der Waals surface area contributed by atoms with Gasteiger partial charge < -0.3 is 30.1 Å². The molecule has 0 saturated heterocycles. The van der Waals surface area contributed by atoms with Crippen LogP contribution in [0.25, 0.3) is 0 Å². The van der Waals surface area contributed by atoms with E-state index in [1.807, 2.05) is 60.7 Å². The maximum absolute atomic E-state index is 12.4. The number of likely N-dealkylation sites (N-methyl/N-ethyl adjacent to an activating group) is 1. The summed E-state index contributed by atoms with van der Waals surface area (Å²) in [5.74, 6) is -3.94. The van der Waals surface area contributed by atoms with Crippen LogP contribution < -0.4 is 56.5 Å². The summed E-state index contributed by atoms with van der Waals surface area (Å²) >= 11 is 0. The summed E-state index contributed by atoms with van der Waals surface area (Å²) < 4.78 is 0. The number of hydrogen-bond donors (Lipinski definition) is 3. The molecule has 0 aromatic heterocycles. The number of benzene rings is 2. The number of nitrogens with zero attached hydrogens (tertiary/aromatic N) is 1. The van der Waals surface area contributed by atoms with E-state index >= 15 is 0 Å². The summed E-state index contributed by atoms with van der Waals surface area (Å²) in [5, 5.41) is 34.1. The largest absolute Gasteiger partial charge is 1.00 e. The van der Waals surface area contributed by atoms with Crippen molar-refractivity contribution in [2.24, 2.45) is 0 Å². The van der Waals surface area contributed by atoms with Crippen molar-refractivity contribution in [1.82, 2.24) is 4.90 Å². The van der Waals surface area contributed by atoms with Gasteiger partial charge in [0, 0.05) is 14.1 Å². The van der Waals surface area contributed by atoms with Gasteiger partial charge >= 0.3 is 57.4 Å². The zero-order valence-electron chi connectivity index (χ0n) is 16.4. The molecule has 8 nitrogen and oxygen atoms in total. The molecule has 1 amide bonds. The first-order valence-corrected chi connectivity index (χ1v) is 8.27. The van der Waals surface area contributed by atoms with Crippen molar-refractivity contribution in [3.8, 4) is 0 Å². The summed E-state index contributed by atoms with van der Waals surface area (Å²) in [6.07, 6.45) is -4.71. The number of aliphatic carboxylic acids is 2. The third kappa shape index (κ3) is 8.75. The van der Waals surface area contributed by atoms with Crippen molar-refractivity contribution >= 4 is 17.8 Å². The molecule has 0 aliphatic rings. The fourth-order valence-electron chi connectivity index (χ4n) is 2.29. The summed E-state index contributed by atoms with van der Waals surface area (Å²) in [4.78, 5) is 33.4. The predicted molar refractivity (Wildman–Crippen MR) is 98.1 cm³/mol. The van der Waals surface area contributed by atoms with Gasteiger partial charge in [0.25, 0.3) is 0 Å². The van der Waals surface area contributed by atoms with Crippen LogP contribution in [0.5, 0.6) is 0 Å². The fraction of sp³-hybridized carbons (Fsp3) is 0.250. The smallest absolute Gasteiger partial charge is 0.547 e. The van der Waals surface area contributed by atoms with Gasteiger partial charge in [-0.15, -0.1) is 0 Å². The second kappa shape index (κ2) is 13.6. The normalized spacial score (nSPS) is 11.9. The predicted octanol–water partition coefficient (Wildman–Crippen LogP) is -3.55. The molecule has 2 aromatic rings. The molecule has 0 fully saturated rings. The van der Waals surface area contributed by atoms with Crippen LogP contribution in [-0.4, -0.2) is 64.4 Å². The quantitative estimate of drug-likeness (QED) is 0.406. The maximum atomic E-state index is 12.4. The van der Waals surface area contributed by atoms with Crippen molar-refractivity contribution in [2.45, 2.75) is 18.1 Å². The Kier molecular flexibility index (Phi) is 12.8. The molecule has 9 heteroatoms. The number of carboxylic acid groups (broad SMARTS) is 2.